The van der Waals surface area contributed by atoms with Gasteiger partial charge in [-0.2, -0.15) is 8.42 Å². The molecule has 3 aromatic rings. The summed E-state index contributed by atoms with van der Waals surface area (Å²) in [4.78, 5) is 48.1. The Bertz CT molecular complexity index is 1620. The molecule has 208 valence electrons. The molecule has 1 atom stereocenters. The van der Waals surface area contributed by atoms with E-state index in [1.54, 1.807) is 4.90 Å². The standard InChI is InChI=1S/C24H27N5O8S2/c1-24(2,3)17-13-38-23(25-17)27-21(32)14-8-10-29-18(11-14)26-20(16(22(29)33)6-7-19(30)31)28-9-4-5-15(12-28)37-39(34,35)36/h6-8,10-11,13,15H,4-5,9,12H2,1-3H3,(H,30,31)(H,25,27,32)(H,34,35,36)/t15-/m1/s1. The van der Waals surface area contributed by atoms with Crippen LogP contribution in [0, 0.1) is 0 Å². The summed E-state index contributed by atoms with van der Waals surface area (Å²) in [5.74, 6) is -1.65. The summed E-state index contributed by atoms with van der Waals surface area (Å²) in [5, 5.41) is 14.2. The molecule has 1 aliphatic heterocycles. The highest BCUT2D eigenvalue weighted by Crippen LogP contribution is 2.27. The van der Waals surface area contributed by atoms with Gasteiger partial charge in [0, 0.05) is 41.7 Å². The molecule has 1 aliphatic rings. The number of piperidine rings is 1. The highest BCUT2D eigenvalue weighted by Gasteiger charge is 2.28. The number of rotatable bonds is 7. The van der Waals surface area contributed by atoms with Crippen molar-refractivity contribution in [2.45, 2.75) is 45.1 Å². The highest BCUT2D eigenvalue weighted by atomic mass is 32.3. The Labute approximate surface area is 227 Å². The number of carbonyl (C=O) groups is 2. The fraction of sp³-hybridized carbons (Fsp3) is 0.375. The molecule has 1 fully saturated rings. The van der Waals surface area contributed by atoms with Crippen LogP contribution in [0.4, 0.5) is 10.9 Å². The number of pyridine rings is 1. The minimum absolute atomic E-state index is 0.0311. The number of aliphatic carboxylic acids is 1. The number of carboxylic acids is 1. The lowest BCUT2D eigenvalue weighted by molar-refractivity contribution is -0.131. The Balaban J connectivity index is 1.72. The summed E-state index contributed by atoms with van der Waals surface area (Å²) in [7, 11) is -4.70. The number of anilines is 2. The molecule has 4 heterocycles. The Morgan fingerprint density at radius 3 is 2.67 bits per heavy atom. The first kappa shape index (κ1) is 28.4. The third-order valence-corrected chi connectivity index (χ3v) is 7.20. The van der Waals surface area contributed by atoms with Crippen molar-refractivity contribution >= 4 is 56.3 Å². The van der Waals surface area contributed by atoms with Gasteiger partial charge in [-0.1, -0.05) is 20.8 Å². The predicted octanol–water partition coefficient (Wildman–Crippen LogP) is 2.59. The molecule has 4 rings (SSSR count). The van der Waals surface area contributed by atoms with Gasteiger partial charge in [-0.25, -0.2) is 18.9 Å². The monoisotopic (exact) mass is 577 g/mol. The van der Waals surface area contributed by atoms with Gasteiger partial charge in [-0.15, -0.1) is 11.3 Å². The molecule has 0 unspecified atom stereocenters. The third-order valence-electron chi connectivity index (χ3n) is 5.93. The molecule has 39 heavy (non-hydrogen) atoms. The van der Waals surface area contributed by atoms with Crippen molar-refractivity contribution in [2.75, 3.05) is 23.3 Å². The van der Waals surface area contributed by atoms with Crippen LogP contribution >= 0.6 is 11.3 Å². The van der Waals surface area contributed by atoms with E-state index in [1.165, 1.54) is 34.1 Å². The average molecular weight is 578 g/mol. The van der Waals surface area contributed by atoms with Crippen molar-refractivity contribution in [2.24, 2.45) is 0 Å². The van der Waals surface area contributed by atoms with Gasteiger partial charge in [-0.3, -0.25) is 23.9 Å². The SMILES string of the molecule is CC(C)(C)c1csc(NC(=O)c2ccn3c(=O)c(C=CC(=O)O)c(N4CCC[C@@H](OS(=O)(=O)O)C4)nc3c2)n1. The molecule has 13 nitrogen and oxygen atoms in total. The summed E-state index contributed by atoms with van der Waals surface area (Å²) < 4.78 is 37.4. The largest absolute Gasteiger partial charge is 0.478 e. The van der Waals surface area contributed by atoms with Crippen molar-refractivity contribution < 1.29 is 31.8 Å². The Hall–Kier alpha value is -3.66. The van der Waals surface area contributed by atoms with Crippen molar-refractivity contribution in [1.29, 1.82) is 0 Å². The van der Waals surface area contributed by atoms with E-state index in [1.807, 2.05) is 26.2 Å². The number of nitrogens with one attached hydrogen (secondary N) is 1. The molecule has 1 amide bonds. The van der Waals surface area contributed by atoms with E-state index in [4.69, 9.17) is 13.8 Å². The summed E-state index contributed by atoms with van der Waals surface area (Å²) in [6.45, 7) is 6.37. The van der Waals surface area contributed by atoms with Gasteiger partial charge in [0.1, 0.15) is 11.5 Å². The van der Waals surface area contributed by atoms with Crippen LogP contribution in [0.5, 0.6) is 0 Å². The van der Waals surface area contributed by atoms with E-state index in [-0.39, 0.29) is 34.6 Å². The molecule has 0 radical (unpaired) electrons. The Morgan fingerprint density at radius 2 is 2.03 bits per heavy atom. The number of amides is 1. The van der Waals surface area contributed by atoms with Crippen LogP contribution in [-0.2, 0) is 24.8 Å². The second kappa shape index (κ2) is 10.8. The van der Waals surface area contributed by atoms with E-state index >= 15 is 0 Å². The Kier molecular flexibility index (Phi) is 7.88. The number of carboxylic acid groups (broad SMARTS) is 1. The molecular formula is C24H27N5O8S2. The molecule has 3 aromatic heterocycles. The van der Waals surface area contributed by atoms with Crippen molar-refractivity contribution in [1.82, 2.24) is 14.4 Å². The molecule has 0 spiro atoms. The number of hydrogen-bond donors (Lipinski definition) is 3. The van der Waals surface area contributed by atoms with Crippen LogP contribution in [0.15, 0.2) is 34.6 Å². The molecular weight excluding hydrogens is 550 g/mol. The molecule has 15 heteroatoms. The minimum atomic E-state index is -4.70. The van der Waals surface area contributed by atoms with Crippen LogP contribution in [0.2, 0.25) is 0 Å². The molecule has 0 aromatic carbocycles. The molecule has 0 aliphatic carbocycles. The van der Waals surface area contributed by atoms with Crippen LogP contribution in [0.25, 0.3) is 11.7 Å². The molecule has 0 saturated carbocycles. The van der Waals surface area contributed by atoms with Crippen LogP contribution in [0.3, 0.4) is 0 Å². The minimum Gasteiger partial charge on any atom is -0.478 e. The maximum absolute atomic E-state index is 13.4. The van der Waals surface area contributed by atoms with Crippen LogP contribution in [0.1, 0.15) is 55.2 Å². The predicted molar refractivity (Wildman–Crippen MR) is 145 cm³/mol. The normalized spacial score (nSPS) is 16.6. The number of hydrogen-bond acceptors (Lipinski definition) is 10. The van der Waals surface area contributed by atoms with Crippen LogP contribution in [-0.4, -0.2) is 63.5 Å². The molecule has 1 saturated heterocycles. The van der Waals surface area contributed by atoms with Crippen molar-refractivity contribution in [3.05, 3.63) is 57.0 Å². The van der Waals surface area contributed by atoms with Gasteiger partial charge in [0.15, 0.2) is 5.13 Å². The zero-order valence-electron chi connectivity index (χ0n) is 21.3. The lowest BCUT2D eigenvalue weighted by Crippen LogP contribution is -2.42. The second-order valence-electron chi connectivity index (χ2n) is 9.95. The fourth-order valence-corrected chi connectivity index (χ4v) is 5.48. The number of fused-ring (bicyclic) bond motifs is 1. The zero-order chi connectivity index (χ0) is 28.5. The smallest absolute Gasteiger partial charge is 0.397 e. The summed E-state index contributed by atoms with van der Waals surface area (Å²) in [6.07, 6.45) is 3.16. The van der Waals surface area contributed by atoms with Gasteiger partial charge >= 0.3 is 16.4 Å². The fourth-order valence-electron chi connectivity index (χ4n) is 4.05. The third kappa shape index (κ3) is 6.86. The second-order valence-corrected chi connectivity index (χ2v) is 11.9. The van der Waals surface area contributed by atoms with Crippen molar-refractivity contribution in [3.8, 4) is 0 Å². The van der Waals surface area contributed by atoms with E-state index in [0.717, 1.165) is 17.8 Å². The first-order valence-electron chi connectivity index (χ1n) is 11.9. The Morgan fingerprint density at radius 1 is 1.28 bits per heavy atom. The highest BCUT2D eigenvalue weighted by molar-refractivity contribution is 7.80. The van der Waals surface area contributed by atoms with E-state index in [9.17, 15) is 22.8 Å². The van der Waals surface area contributed by atoms with Gasteiger partial charge in [0.25, 0.3) is 11.5 Å². The van der Waals surface area contributed by atoms with E-state index in [0.29, 0.717) is 24.5 Å². The number of aromatic nitrogens is 3. The zero-order valence-corrected chi connectivity index (χ0v) is 23.0. The van der Waals surface area contributed by atoms with E-state index in [2.05, 4.69) is 15.3 Å². The van der Waals surface area contributed by atoms with Crippen molar-refractivity contribution in [3.63, 3.8) is 0 Å². The van der Waals surface area contributed by atoms with Gasteiger partial charge in [0.2, 0.25) is 0 Å². The first-order chi connectivity index (χ1) is 18.2. The first-order valence-corrected chi connectivity index (χ1v) is 14.1. The summed E-state index contributed by atoms with van der Waals surface area (Å²) >= 11 is 1.29. The average Bonchev–Trinajstić information content (AvgIpc) is 3.31. The molecule has 0 bridgehead atoms. The van der Waals surface area contributed by atoms with E-state index < -0.39 is 33.9 Å². The van der Waals surface area contributed by atoms with Gasteiger partial charge < -0.3 is 10.0 Å². The topological polar surface area (TPSA) is 180 Å². The quantitative estimate of drug-likeness (QED) is 0.277. The van der Waals surface area contributed by atoms with Gasteiger partial charge in [-0.05, 0) is 31.1 Å². The maximum atomic E-state index is 13.4. The lowest BCUT2D eigenvalue weighted by atomic mass is 9.93. The maximum Gasteiger partial charge on any atom is 0.397 e. The number of carbonyl (C=O) groups excluding carboxylic acids is 1. The van der Waals surface area contributed by atoms with Gasteiger partial charge in [0.05, 0.1) is 17.4 Å². The summed E-state index contributed by atoms with van der Waals surface area (Å²) in [6, 6.07) is 2.85. The lowest BCUT2D eigenvalue weighted by Gasteiger charge is -2.33. The summed E-state index contributed by atoms with van der Waals surface area (Å²) in [5.41, 5.74) is 0.335. The van der Waals surface area contributed by atoms with Crippen LogP contribution < -0.4 is 15.8 Å². The number of thiazole rings is 1. The molecule has 3 N–H and O–H groups in total. The number of nitrogens with zero attached hydrogens (tertiary/aromatic N) is 4.